The summed E-state index contributed by atoms with van der Waals surface area (Å²) in [6.07, 6.45) is 4.09. The van der Waals surface area contributed by atoms with E-state index in [9.17, 15) is 4.79 Å². The molecular weight excluding hydrogens is 320 g/mol. The van der Waals surface area contributed by atoms with Crippen LogP contribution in [0, 0.1) is 0 Å². The smallest absolute Gasteiger partial charge is 0.241 e. The first-order chi connectivity index (χ1) is 11.5. The highest BCUT2D eigenvalue weighted by molar-refractivity contribution is 6.32. The molecule has 3 nitrogen and oxygen atoms in total. The van der Waals surface area contributed by atoms with Gasteiger partial charge in [0.2, 0.25) is 5.91 Å². The van der Waals surface area contributed by atoms with E-state index in [2.05, 4.69) is 48.3 Å². The van der Waals surface area contributed by atoms with Gasteiger partial charge in [-0.1, -0.05) is 67.9 Å². The molecule has 0 saturated carbocycles. The Balaban J connectivity index is 1.86. The van der Waals surface area contributed by atoms with Gasteiger partial charge >= 0.3 is 0 Å². The van der Waals surface area contributed by atoms with Crippen LogP contribution in [-0.4, -0.2) is 18.1 Å². The molecule has 0 spiro atoms. The molecule has 0 radical (unpaired) electrons. The highest BCUT2D eigenvalue weighted by atomic mass is 35.5. The Morgan fingerprint density at radius 3 is 2.62 bits per heavy atom. The van der Waals surface area contributed by atoms with Crippen LogP contribution in [0.1, 0.15) is 25.0 Å². The predicted octanol–water partition coefficient (Wildman–Crippen LogP) is 3.98. The minimum absolute atomic E-state index is 0.0430. The predicted molar refractivity (Wildman–Crippen MR) is 98.2 cm³/mol. The summed E-state index contributed by atoms with van der Waals surface area (Å²) in [5.74, 6) is 0.0430. The maximum Gasteiger partial charge on any atom is 0.241 e. The number of hydrogen-bond acceptors (Lipinski definition) is 2. The first-order valence-electron chi connectivity index (χ1n) is 8.08. The second kappa shape index (κ2) is 5.12. The van der Waals surface area contributed by atoms with Gasteiger partial charge in [0.05, 0.1) is 6.54 Å². The molecule has 0 aromatic heterocycles. The fraction of sp³-hybridized carbons (Fsp3) is 0.250. The lowest BCUT2D eigenvalue weighted by atomic mass is 9.75. The van der Waals surface area contributed by atoms with E-state index >= 15 is 0 Å². The molecule has 1 N–H and O–H groups in total. The Morgan fingerprint density at radius 1 is 1.12 bits per heavy atom. The zero-order chi connectivity index (χ0) is 16.9. The fourth-order valence-electron chi connectivity index (χ4n) is 3.96. The van der Waals surface area contributed by atoms with Gasteiger partial charge in [-0.15, -0.1) is 0 Å². The van der Waals surface area contributed by atoms with Crippen molar-refractivity contribution in [3.63, 3.8) is 0 Å². The van der Waals surface area contributed by atoms with Crippen LogP contribution in [0.5, 0.6) is 0 Å². The van der Waals surface area contributed by atoms with Gasteiger partial charge in [0.15, 0.2) is 0 Å². The van der Waals surface area contributed by atoms with E-state index in [-0.39, 0.29) is 11.3 Å². The van der Waals surface area contributed by atoms with Gasteiger partial charge in [0.1, 0.15) is 5.66 Å². The van der Waals surface area contributed by atoms with E-state index in [1.807, 2.05) is 36.4 Å². The van der Waals surface area contributed by atoms with Gasteiger partial charge in [-0.25, -0.2) is 0 Å². The van der Waals surface area contributed by atoms with Crippen molar-refractivity contribution in [2.24, 2.45) is 0 Å². The number of anilines is 1. The van der Waals surface area contributed by atoms with Crippen molar-refractivity contribution in [1.82, 2.24) is 5.32 Å². The lowest BCUT2D eigenvalue weighted by Crippen LogP contribution is -2.58. The van der Waals surface area contributed by atoms with E-state index in [1.165, 1.54) is 5.56 Å². The zero-order valence-corrected chi connectivity index (χ0v) is 14.5. The van der Waals surface area contributed by atoms with Crippen LogP contribution in [0.15, 0.2) is 54.6 Å². The zero-order valence-electron chi connectivity index (χ0n) is 13.7. The topological polar surface area (TPSA) is 32.3 Å². The Hall–Kier alpha value is -2.26. The summed E-state index contributed by atoms with van der Waals surface area (Å²) in [4.78, 5) is 14.4. The molecule has 2 aromatic carbocycles. The number of nitrogens with zero attached hydrogens (tertiary/aromatic N) is 1. The quantitative estimate of drug-likeness (QED) is 0.898. The molecule has 1 saturated heterocycles. The van der Waals surface area contributed by atoms with Crippen molar-refractivity contribution in [1.29, 1.82) is 0 Å². The second-order valence-electron chi connectivity index (χ2n) is 6.90. The molecule has 1 amide bonds. The van der Waals surface area contributed by atoms with Gasteiger partial charge in [-0.05, 0) is 29.3 Å². The Morgan fingerprint density at radius 2 is 1.83 bits per heavy atom. The van der Waals surface area contributed by atoms with Crippen molar-refractivity contribution < 1.29 is 4.79 Å². The standard InChI is InChI=1S/C20H19ClN2O/c1-19(2)15-8-4-6-10-17(15)23-13-18(24)22-20(19,23)12-11-14-7-3-5-9-16(14)21/h3-12H,13H2,1-2H3,(H,22,24)/b12-11+. The van der Waals surface area contributed by atoms with E-state index < -0.39 is 5.66 Å². The van der Waals surface area contributed by atoms with Crippen LogP contribution >= 0.6 is 11.6 Å². The summed E-state index contributed by atoms with van der Waals surface area (Å²) < 4.78 is 0. The Bertz CT molecular complexity index is 858. The minimum atomic E-state index is -0.576. The SMILES string of the molecule is CC1(C)c2ccccc2N2CC(=O)NC21/C=C/c1ccccc1Cl. The summed E-state index contributed by atoms with van der Waals surface area (Å²) >= 11 is 6.29. The third kappa shape index (κ3) is 1.94. The number of rotatable bonds is 2. The molecule has 1 fully saturated rings. The number of benzene rings is 2. The highest BCUT2D eigenvalue weighted by Gasteiger charge is 2.59. The highest BCUT2D eigenvalue weighted by Crippen LogP contribution is 2.52. The molecule has 1 atom stereocenters. The second-order valence-corrected chi connectivity index (χ2v) is 7.30. The van der Waals surface area contributed by atoms with Crippen LogP contribution in [0.3, 0.4) is 0 Å². The number of hydrogen-bond donors (Lipinski definition) is 1. The van der Waals surface area contributed by atoms with E-state index in [0.29, 0.717) is 11.6 Å². The van der Waals surface area contributed by atoms with Gasteiger partial charge < -0.3 is 10.2 Å². The summed E-state index contributed by atoms with van der Waals surface area (Å²) in [6, 6.07) is 16.0. The van der Waals surface area contributed by atoms with Crippen molar-refractivity contribution in [3.8, 4) is 0 Å². The summed E-state index contributed by atoms with van der Waals surface area (Å²) in [5.41, 5.74) is 2.47. The molecule has 2 aromatic rings. The summed E-state index contributed by atoms with van der Waals surface area (Å²) in [7, 11) is 0. The van der Waals surface area contributed by atoms with E-state index in [0.717, 1.165) is 11.3 Å². The van der Waals surface area contributed by atoms with E-state index in [4.69, 9.17) is 11.6 Å². The van der Waals surface area contributed by atoms with E-state index in [1.54, 1.807) is 0 Å². The molecule has 4 heteroatoms. The molecule has 2 aliphatic rings. The fourth-order valence-corrected chi connectivity index (χ4v) is 4.16. The number of nitrogens with one attached hydrogen (secondary N) is 1. The maximum absolute atomic E-state index is 12.2. The lowest BCUT2D eigenvalue weighted by molar-refractivity contribution is -0.118. The molecule has 0 aliphatic carbocycles. The van der Waals surface area contributed by atoms with Gasteiger partial charge in [-0.2, -0.15) is 0 Å². The Kier molecular flexibility index (Phi) is 3.26. The van der Waals surface area contributed by atoms with Crippen LogP contribution in [0.2, 0.25) is 5.02 Å². The molecule has 0 bridgehead atoms. The molecule has 2 heterocycles. The molecule has 4 rings (SSSR count). The monoisotopic (exact) mass is 338 g/mol. The van der Waals surface area contributed by atoms with Crippen LogP contribution < -0.4 is 10.2 Å². The Labute approximate surface area is 146 Å². The normalized spacial score (nSPS) is 24.1. The number of amides is 1. The van der Waals surface area contributed by atoms with Gasteiger partial charge in [0.25, 0.3) is 0 Å². The summed E-state index contributed by atoms with van der Waals surface area (Å²) in [6.45, 7) is 4.72. The van der Waals surface area contributed by atoms with Crippen molar-refractivity contribution in [3.05, 3.63) is 70.8 Å². The molecule has 24 heavy (non-hydrogen) atoms. The molecule has 122 valence electrons. The van der Waals surface area contributed by atoms with Gasteiger partial charge in [-0.3, -0.25) is 4.79 Å². The number of carbonyl (C=O) groups is 1. The third-order valence-corrected chi connectivity index (χ3v) is 5.63. The number of halogens is 1. The van der Waals surface area contributed by atoms with Crippen LogP contribution in [0.4, 0.5) is 5.69 Å². The lowest BCUT2D eigenvalue weighted by Gasteiger charge is -2.40. The van der Waals surface area contributed by atoms with Crippen molar-refractivity contribution in [2.75, 3.05) is 11.4 Å². The van der Waals surface area contributed by atoms with Crippen molar-refractivity contribution in [2.45, 2.75) is 24.9 Å². The minimum Gasteiger partial charge on any atom is -0.335 e. The van der Waals surface area contributed by atoms with Crippen molar-refractivity contribution >= 4 is 29.3 Å². The first kappa shape index (κ1) is 15.3. The largest absolute Gasteiger partial charge is 0.335 e. The summed E-state index contributed by atoms with van der Waals surface area (Å²) in [5, 5.41) is 3.92. The molecule has 1 unspecified atom stereocenters. The third-order valence-electron chi connectivity index (χ3n) is 5.29. The number of carbonyl (C=O) groups excluding carboxylic acids is 1. The maximum atomic E-state index is 12.2. The molecular formula is C20H19ClN2O. The number of fused-ring (bicyclic) bond motifs is 3. The van der Waals surface area contributed by atoms with Crippen LogP contribution in [0.25, 0.3) is 6.08 Å². The first-order valence-corrected chi connectivity index (χ1v) is 8.45. The molecule has 2 aliphatic heterocycles. The average molecular weight is 339 g/mol. The number of para-hydroxylation sites is 1. The van der Waals surface area contributed by atoms with Gasteiger partial charge in [0, 0.05) is 16.1 Å². The van der Waals surface area contributed by atoms with Crippen LogP contribution in [-0.2, 0) is 10.2 Å². The average Bonchev–Trinajstić information content (AvgIpc) is 2.99.